The van der Waals surface area contributed by atoms with Gasteiger partial charge in [0.2, 0.25) is 6.79 Å². The molecule has 1 aromatic heterocycles. The number of hydrogen-bond acceptors (Lipinski definition) is 6. The molecule has 2 heterocycles. The summed E-state index contributed by atoms with van der Waals surface area (Å²) in [5.74, 6) is 3.31. The van der Waals surface area contributed by atoms with Crippen molar-refractivity contribution in [2.24, 2.45) is 4.99 Å². The summed E-state index contributed by atoms with van der Waals surface area (Å²) in [6.07, 6.45) is 8.22. The number of nitro groups is 1. The first-order valence-corrected chi connectivity index (χ1v) is 9.24. The van der Waals surface area contributed by atoms with Crippen molar-refractivity contribution in [3.8, 4) is 23.8 Å². The SMILES string of the molecule is C#CCn1c(=NC(=O)C=Cc2cccc([N+](=O)[O-])c2)sc2cc3c(cc21)OCO3. The number of non-ortho nitro benzene ring substituents is 1. The zero-order valence-corrected chi connectivity index (χ0v) is 15.7. The smallest absolute Gasteiger partial charge is 0.272 e. The number of rotatable bonds is 4. The molecule has 0 saturated heterocycles. The molecule has 0 N–H and O–H groups in total. The summed E-state index contributed by atoms with van der Waals surface area (Å²) in [5.41, 5.74) is 1.28. The van der Waals surface area contributed by atoms with E-state index in [4.69, 9.17) is 15.9 Å². The van der Waals surface area contributed by atoms with Crippen LogP contribution in [0.4, 0.5) is 5.69 Å². The van der Waals surface area contributed by atoms with E-state index in [-0.39, 0.29) is 19.0 Å². The summed E-state index contributed by atoms with van der Waals surface area (Å²) in [5, 5.41) is 10.9. The first-order valence-electron chi connectivity index (χ1n) is 8.43. The third kappa shape index (κ3) is 3.74. The van der Waals surface area contributed by atoms with Crippen molar-refractivity contribution in [3.63, 3.8) is 0 Å². The van der Waals surface area contributed by atoms with Gasteiger partial charge in [-0.05, 0) is 11.6 Å². The number of aromatic nitrogens is 1. The normalized spacial score (nSPS) is 13.1. The molecule has 0 saturated carbocycles. The highest BCUT2D eigenvalue weighted by Gasteiger charge is 2.17. The maximum atomic E-state index is 12.3. The molecule has 0 atom stereocenters. The first-order chi connectivity index (χ1) is 14.0. The van der Waals surface area contributed by atoms with Gasteiger partial charge in [0, 0.05) is 30.3 Å². The Labute approximate surface area is 168 Å². The second-order valence-electron chi connectivity index (χ2n) is 5.98. The summed E-state index contributed by atoms with van der Waals surface area (Å²) in [6.45, 7) is 0.403. The minimum absolute atomic E-state index is 0.0506. The number of nitrogens with zero attached hydrogens (tertiary/aromatic N) is 3. The predicted octanol–water partition coefficient (Wildman–Crippen LogP) is 3.11. The van der Waals surface area contributed by atoms with Crippen LogP contribution >= 0.6 is 11.3 Å². The van der Waals surface area contributed by atoms with Gasteiger partial charge in [0.05, 0.1) is 21.7 Å². The van der Waals surface area contributed by atoms with E-state index in [0.29, 0.717) is 21.9 Å². The molecule has 0 radical (unpaired) electrons. The Balaban J connectivity index is 1.69. The topological polar surface area (TPSA) is 96.0 Å². The number of amides is 1. The molecule has 0 aliphatic carbocycles. The molecule has 1 amide bonds. The van der Waals surface area contributed by atoms with Crippen LogP contribution in [0, 0.1) is 22.5 Å². The quantitative estimate of drug-likeness (QED) is 0.287. The standard InChI is InChI=1S/C20H13N3O5S/c1-2-8-22-15-10-16-17(28-12-27-16)11-18(15)29-20(22)21-19(24)7-6-13-4-3-5-14(9-13)23(25)26/h1,3-7,9-11H,8,12H2. The molecule has 0 unspecified atom stereocenters. The summed E-state index contributed by atoms with van der Waals surface area (Å²) in [6, 6.07) is 9.62. The van der Waals surface area contributed by atoms with Crippen molar-refractivity contribution in [1.82, 2.24) is 4.57 Å². The summed E-state index contributed by atoms with van der Waals surface area (Å²) in [7, 11) is 0. The van der Waals surface area contributed by atoms with Gasteiger partial charge in [-0.1, -0.05) is 29.4 Å². The summed E-state index contributed by atoms with van der Waals surface area (Å²) in [4.78, 5) is 27.3. The van der Waals surface area contributed by atoms with Gasteiger partial charge in [0.1, 0.15) is 0 Å². The average Bonchev–Trinajstić information content (AvgIpc) is 3.29. The fraction of sp³-hybridized carbons (Fsp3) is 0.100. The Morgan fingerprint density at radius 2 is 2.14 bits per heavy atom. The Morgan fingerprint density at radius 3 is 2.90 bits per heavy atom. The van der Waals surface area contributed by atoms with Crippen LogP contribution in [0.15, 0.2) is 47.5 Å². The van der Waals surface area contributed by atoms with E-state index in [1.165, 1.54) is 35.6 Å². The molecule has 144 valence electrons. The van der Waals surface area contributed by atoms with Crippen molar-refractivity contribution >= 4 is 39.2 Å². The van der Waals surface area contributed by atoms with E-state index in [1.54, 1.807) is 16.7 Å². The Kier molecular flexibility index (Phi) is 4.85. The molecule has 4 rings (SSSR count). The molecular weight excluding hydrogens is 394 g/mol. The third-order valence-corrected chi connectivity index (χ3v) is 5.17. The highest BCUT2D eigenvalue weighted by atomic mass is 32.1. The Hall–Kier alpha value is -3.90. The van der Waals surface area contributed by atoms with Crippen LogP contribution in [0.1, 0.15) is 5.56 Å². The van der Waals surface area contributed by atoms with Crippen LogP contribution in [0.2, 0.25) is 0 Å². The van der Waals surface area contributed by atoms with Gasteiger partial charge in [-0.2, -0.15) is 4.99 Å². The van der Waals surface area contributed by atoms with Crippen molar-refractivity contribution in [1.29, 1.82) is 0 Å². The van der Waals surface area contributed by atoms with Gasteiger partial charge in [0.15, 0.2) is 16.3 Å². The number of terminal acetylenes is 1. The number of ether oxygens (including phenoxy) is 2. The fourth-order valence-corrected chi connectivity index (χ4v) is 3.88. The van der Waals surface area contributed by atoms with E-state index in [2.05, 4.69) is 10.9 Å². The summed E-state index contributed by atoms with van der Waals surface area (Å²) >= 11 is 1.31. The molecule has 1 aliphatic rings. The monoisotopic (exact) mass is 407 g/mol. The highest BCUT2D eigenvalue weighted by molar-refractivity contribution is 7.16. The van der Waals surface area contributed by atoms with Crippen LogP contribution in [-0.4, -0.2) is 22.2 Å². The number of thiazole rings is 1. The zero-order chi connectivity index (χ0) is 20.4. The van der Waals surface area contributed by atoms with Crippen molar-refractivity contribution in [3.05, 3.63) is 63.0 Å². The van der Waals surface area contributed by atoms with Crippen molar-refractivity contribution < 1.29 is 19.2 Å². The Bertz CT molecular complexity index is 1280. The minimum atomic E-state index is -0.506. The lowest BCUT2D eigenvalue weighted by molar-refractivity contribution is -0.384. The summed E-state index contributed by atoms with van der Waals surface area (Å²) < 4.78 is 13.4. The van der Waals surface area contributed by atoms with E-state index >= 15 is 0 Å². The Morgan fingerprint density at radius 1 is 1.34 bits per heavy atom. The van der Waals surface area contributed by atoms with Gasteiger partial charge >= 0.3 is 0 Å². The molecule has 9 heteroatoms. The predicted molar refractivity (Wildman–Crippen MR) is 107 cm³/mol. The van der Waals surface area contributed by atoms with E-state index in [1.807, 2.05) is 12.1 Å². The second-order valence-corrected chi connectivity index (χ2v) is 6.99. The molecular formula is C20H13N3O5S. The number of hydrogen-bond donors (Lipinski definition) is 0. The number of fused-ring (bicyclic) bond motifs is 2. The van der Waals surface area contributed by atoms with E-state index < -0.39 is 10.8 Å². The molecule has 1 aliphatic heterocycles. The van der Waals surface area contributed by atoms with Gasteiger partial charge in [-0.15, -0.1) is 6.42 Å². The van der Waals surface area contributed by atoms with Gasteiger partial charge in [-0.3, -0.25) is 14.9 Å². The lowest BCUT2D eigenvalue weighted by Crippen LogP contribution is -2.15. The van der Waals surface area contributed by atoms with Crippen molar-refractivity contribution in [2.75, 3.05) is 6.79 Å². The maximum absolute atomic E-state index is 12.3. The molecule has 2 aromatic carbocycles. The molecule has 0 spiro atoms. The molecule has 0 fully saturated rings. The van der Waals surface area contributed by atoms with Crippen LogP contribution in [0.5, 0.6) is 11.5 Å². The van der Waals surface area contributed by atoms with Gasteiger partial charge < -0.3 is 14.0 Å². The molecule has 29 heavy (non-hydrogen) atoms. The number of nitro benzene ring substituents is 1. The van der Waals surface area contributed by atoms with Crippen LogP contribution < -0.4 is 14.3 Å². The largest absolute Gasteiger partial charge is 0.454 e. The zero-order valence-electron chi connectivity index (χ0n) is 14.9. The van der Waals surface area contributed by atoms with Gasteiger partial charge in [-0.25, -0.2) is 0 Å². The lowest BCUT2D eigenvalue weighted by Gasteiger charge is -2.01. The molecule has 8 nitrogen and oxygen atoms in total. The van der Waals surface area contributed by atoms with E-state index in [0.717, 1.165) is 10.2 Å². The lowest BCUT2D eigenvalue weighted by atomic mass is 10.2. The second kappa shape index (κ2) is 7.61. The molecule has 3 aromatic rings. The van der Waals surface area contributed by atoms with Gasteiger partial charge in [0.25, 0.3) is 11.6 Å². The third-order valence-electron chi connectivity index (χ3n) is 4.13. The van der Waals surface area contributed by atoms with Crippen molar-refractivity contribution in [2.45, 2.75) is 6.54 Å². The highest BCUT2D eigenvalue weighted by Crippen LogP contribution is 2.36. The number of carbonyl (C=O) groups is 1. The van der Waals surface area contributed by atoms with Crippen LogP contribution in [0.3, 0.4) is 0 Å². The minimum Gasteiger partial charge on any atom is -0.454 e. The first kappa shape index (κ1) is 18.5. The van der Waals surface area contributed by atoms with Crippen LogP contribution in [0.25, 0.3) is 16.3 Å². The maximum Gasteiger partial charge on any atom is 0.272 e. The number of benzene rings is 2. The van der Waals surface area contributed by atoms with Crippen LogP contribution in [-0.2, 0) is 11.3 Å². The average molecular weight is 407 g/mol. The van der Waals surface area contributed by atoms with E-state index in [9.17, 15) is 14.9 Å². The molecule has 0 bridgehead atoms. The fourth-order valence-electron chi connectivity index (χ4n) is 2.83. The number of carbonyl (C=O) groups excluding carboxylic acids is 1.